The van der Waals surface area contributed by atoms with E-state index >= 15 is 0 Å². The number of fused-ring (bicyclic) bond motifs is 1. The molecule has 0 saturated heterocycles. The van der Waals surface area contributed by atoms with Crippen LogP contribution in [0.5, 0.6) is 11.5 Å². The normalized spacial score (nSPS) is 18.0. The zero-order valence-corrected chi connectivity index (χ0v) is 11.9. The second-order valence-electron chi connectivity index (χ2n) is 5.62. The molecule has 1 aromatic rings. The molecule has 2 rings (SSSR count). The zero-order chi connectivity index (χ0) is 13.9. The zero-order valence-electron chi connectivity index (χ0n) is 11.9. The molecule has 4 nitrogen and oxygen atoms in total. The molecule has 1 atom stereocenters. The van der Waals surface area contributed by atoms with E-state index in [4.69, 9.17) is 9.47 Å². The predicted molar refractivity (Wildman–Crippen MR) is 74.8 cm³/mol. The van der Waals surface area contributed by atoms with Crippen molar-refractivity contribution in [1.29, 1.82) is 0 Å². The number of benzene rings is 1. The van der Waals surface area contributed by atoms with Crippen LogP contribution in [0.3, 0.4) is 0 Å². The van der Waals surface area contributed by atoms with Gasteiger partial charge in [-0.2, -0.15) is 0 Å². The van der Waals surface area contributed by atoms with Crippen molar-refractivity contribution in [3.63, 3.8) is 0 Å². The van der Waals surface area contributed by atoms with Crippen molar-refractivity contribution in [1.82, 2.24) is 5.32 Å². The quantitative estimate of drug-likeness (QED) is 0.828. The van der Waals surface area contributed by atoms with E-state index in [0.29, 0.717) is 6.61 Å². The Kier molecular flexibility index (Phi) is 4.32. The van der Waals surface area contributed by atoms with E-state index in [2.05, 4.69) is 12.2 Å². The Morgan fingerprint density at radius 1 is 1.47 bits per heavy atom. The molecule has 0 amide bonds. The van der Waals surface area contributed by atoms with Gasteiger partial charge in [0.1, 0.15) is 24.7 Å². The van der Waals surface area contributed by atoms with E-state index in [1.807, 2.05) is 18.2 Å². The molecule has 0 bridgehead atoms. The Balaban J connectivity index is 2.01. The maximum atomic E-state index is 9.65. The lowest BCUT2D eigenvalue weighted by molar-refractivity contribution is 0.0284. The van der Waals surface area contributed by atoms with Gasteiger partial charge in [-0.05, 0) is 38.9 Å². The molecule has 0 fully saturated rings. The molecule has 0 aliphatic carbocycles. The van der Waals surface area contributed by atoms with Gasteiger partial charge >= 0.3 is 0 Å². The summed E-state index contributed by atoms with van der Waals surface area (Å²) < 4.78 is 11.2. The van der Waals surface area contributed by atoms with E-state index in [0.717, 1.165) is 24.5 Å². The van der Waals surface area contributed by atoms with Crippen molar-refractivity contribution in [3.05, 3.63) is 23.8 Å². The fourth-order valence-electron chi connectivity index (χ4n) is 2.03. The molecule has 1 aromatic carbocycles. The van der Waals surface area contributed by atoms with Crippen LogP contribution in [0.25, 0.3) is 0 Å². The van der Waals surface area contributed by atoms with Crippen LogP contribution in [0.4, 0.5) is 0 Å². The number of aliphatic hydroxyl groups is 1. The highest BCUT2D eigenvalue weighted by Crippen LogP contribution is 2.35. The molecule has 19 heavy (non-hydrogen) atoms. The molecule has 1 aliphatic heterocycles. The molecule has 0 aromatic heterocycles. The smallest absolute Gasteiger partial charge is 0.127 e. The molecule has 0 radical (unpaired) electrons. The number of ether oxygens (including phenoxy) is 2. The van der Waals surface area contributed by atoms with Crippen LogP contribution in [-0.4, -0.2) is 30.5 Å². The summed E-state index contributed by atoms with van der Waals surface area (Å²) in [6.07, 6.45) is 1.11. The van der Waals surface area contributed by atoms with Crippen LogP contribution in [0.1, 0.15) is 38.8 Å². The standard InChI is InChI=1S/C15H23NO3/c1-4-7-16-13-9-18-14-8-11(5-6-12(13)14)19-10-15(2,3)17/h5-6,8,13,16-17H,4,7,9-10H2,1-3H3. The topological polar surface area (TPSA) is 50.7 Å². The van der Waals surface area contributed by atoms with Crippen LogP contribution in [0, 0.1) is 0 Å². The monoisotopic (exact) mass is 265 g/mol. The lowest BCUT2D eigenvalue weighted by Gasteiger charge is -2.18. The maximum Gasteiger partial charge on any atom is 0.127 e. The van der Waals surface area contributed by atoms with E-state index in [1.165, 1.54) is 5.56 Å². The summed E-state index contributed by atoms with van der Waals surface area (Å²) in [6, 6.07) is 6.14. The lowest BCUT2D eigenvalue weighted by Crippen LogP contribution is -2.27. The van der Waals surface area contributed by atoms with Gasteiger partial charge in [-0.15, -0.1) is 0 Å². The third-order valence-corrected chi connectivity index (χ3v) is 3.00. The van der Waals surface area contributed by atoms with E-state index in [-0.39, 0.29) is 12.6 Å². The first kappa shape index (κ1) is 14.2. The van der Waals surface area contributed by atoms with Crippen LogP contribution in [0.2, 0.25) is 0 Å². The highest BCUT2D eigenvalue weighted by molar-refractivity contribution is 5.45. The average Bonchev–Trinajstić information content (AvgIpc) is 2.75. The number of hydrogen-bond donors (Lipinski definition) is 2. The van der Waals surface area contributed by atoms with Gasteiger partial charge < -0.3 is 19.9 Å². The van der Waals surface area contributed by atoms with Gasteiger partial charge in [0, 0.05) is 11.6 Å². The first-order valence-corrected chi connectivity index (χ1v) is 6.85. The fourth-order valence-corrected chi connectivity index (χ4v) is 2.03. The number of nitrogens with one attached hydrogen (secondary N) is 1. The van der Waals surface area contributed by atoms with Crippen molar-refractivity contribution in [2.75, 3.05) is 19.8 Å². The molecule has 106 valence electrons. The summed E-state index contributed by atoms with van der Waals surface area (Å²) in [6.45, 7) is 7.53. The van der Waals surface area contributed by atoms with Gasteiger partial charge in [-0.25, -0.2) is 0 Å². The summed E-state index contributed by atoms with van der Waals surface area (Å²) in [5, 5.41) is 13.1. The molecule has 1 unspecified atom stereocenters. The van der Waals surface area contributed by atoms with Crippen LogP contribution < -0.4 is 14.8 Å². The van der Waals surface area contributed by atoms with Gasteiger partial charge in [0.25, 0.3) is 0 Å². The Hall–Kier alpha value is -1.26. The summed E-state index contributed by atoms with van der Waals surface area (Å²) in [5.74, 6) is 1.61. The largest absolute Gasteiger partial charge is 0.491 e. The lowest BCUT2D eigenvalue weighted by atomic mass is 10.1. The van der Waals surface area contributed by atoms with Crippen molar-refractivity contribution in [2.45, 2.75) is 38.8 Å². The first-order chi connectivity index (χ1) is 8.99. The van der Waals surface area contributed by atoms with E-state index < -0.39 is 5.60 Å². The van der Waals surface area contributed by atoms with Gasteiger partial charge in [-0.1, -0.05) is 6.92 Å². The average molecular weight is 265 g/mol. The van der Waals surface area contributed by atoms with Gasteiger partial charge in [-0.3, -0.25) is 0 Å². The molecular weight excluding hydrogens is 242 g/mol. The Morgan fingerprint density at radius 3 is 2.95 bits per heavy atom. The second kappa shape index (κ2) is 5.80. The predicted octanol–water partition coefficient (Wildman–Crippen LogP) is 2.27. The Labute approximate surface area is 114 Å². The molecule has 0 saturated carbocycles. The van der Waals surface area contributed by atoms with Gasteiger partial charge in [0.2, 0.25) is 0 Å². The van der Waals surface area contributed by atoms with Crippen LogP contribution >= 0.6 is 0 Å². The highest BCUT2D eigenvalue weighted by atomic mass is 16.5. The molecule has 1 heterocycles. The third-order valence-electron chi connectivity index (χ3n) is 3.00. The number of rotatable bonds is 6. The second-order valence-corrected chi connectivity index (χ2v) is 5.62. The van der Waals surface area contributed by atoms with Crippen LogP contribution in [0.15, 0.2) is 18.2 Å². The molecule has 4 heteroatoms. The first-order valence-electron chi connectivity index (χ1n) is 6.85. The third kappa shape index (κ3) is 3.85. The van der Waals surface area contributed by atoms with Gasteiger partial charge in [0.05, 0.1) is 11.6 Å². The maximum absolute atomic E-state index is 9.65. The van der Waals surface area contributed by atoms with Crippen LogP contribution in [-0.2, 0) is 0 Å². The van der Waals surface area contributed by atoms with Crippen molar-refractivity contribution in [2.24, 2.45) is 0 Å². The summed E-state index contributed by atoms with van der Waals surface area (Å²) in [7, 11) is 0. The Bertz CT molecular complexity index is 426. The van der Waals surface area contributed by atoms with E-state index in [1.54, 1.807) is 13.8 Å². The molecule has 1 aliphatic rings. The van der Waals surface area contributed by atoms with E-state index in [9.17, 15) is 5.11 Å². The van der Waals surface area contributed by atoms with Crippen molar-refractivity contribution in [3.8, 4) is 11.5 Å². The highest BCUT2D eigenvalue weighted by Gasteiger charge is 2.24. The molecule has 2 N–H and O–H groups in total. The summed E-state index contributed by atoms with van der Waals surface area (Å²) in [4.78, 5) is 0. The Morgan fingerprint density at radius 2 is 2.26 bits per heavy atom. The van der Waals surface area contributed by atoms with Gasteiger partial charge in [0.15, 0.2) is 0 Å². The fraction of sp³-hybridized carbons (Fsp3) is 0.600. The molecular formula is C15H23NO3. The minimum absolute atomic E-state index is 0.267. The SMILES string of the molecule is CCCNC1COc2cc(OCC(C)(C)O)ccc21. The van der Waals surface area contributed by atoms with Crippen molar-refractivity contribution >= 4 is 0 Å². The molecule has 0 spiro atoms. The number of hydrogen-bond acceptors (Lipinski definition) is 4. The summed E-state index contributed by atoms with van der Waals surface area (Å²) in [5.41, 5.74) is 0.356. The minimum atomic E-state index is -0.828. The minimum Gasteiger partial charge on any atom is -0.491 e. The van der Waals surface area contributed by atoms with Crippen molar-refractivity contribution < 1.29 is 14.6 Å². The summed E-state index contributed by atoms with van der Waals surface area (Å²) >= 11 is 0.